The number of thioether (sulfide) groups is 1. The van der Waals surface area contributed by atoms with Crippen LogP contribution in [0.15, 0.2) is 41.6 Å². The van der Waals surface area contributed by atoms with Crippen LogP contribution in [-0.2, 0) is 9.53 Å². The zero-order valence-electron chi connectivity index (χ0n) is 18.8. The highest BCUT2D eigenvalue weighted by atomic mass is 32.2. The third-order valence-electron chi connectivity index (χ3n) is 4.61. The Hall–Kier alpha value is -3.31. The highest BCUT2D eigenvalue weighted by Gasteiger charge is 2.22. The third-order valence-corrected chi connectivity index (χ3v) is 5.54. The molecule has 9 nitrogen and oxygen atoms in total. The maximum Gasteiger partial charge on any atom is 0.230 e. The summed E-state index contributed by atoms with van der Waals surface area (Å²) >= 11 is 1.14. The molecule has 1 heterocycles. The summed E-state index contributed by atoms with van der Waals surface area (Å²) < 4.78 is 37.5. The summed E-state index contributed by atoms with van der Waals surface area (Å²) in [6, 6.07) is 9.67. The molecule has 0 bridgehead atoms. The van der Waals surface area contributed by atoms with E-state index in [-0.39, 0.29) is 17.3 Å². The number of hydrogen-bond donors (Lipinski definition) is 1. The van der Waals surface area contributed by atoms with Gasteiger partial charge in [-0.1, -0.05) is 23.9 Å². The van der Waals surface area contributed by atoms with Crippen LogP contribution in [0.25, 0.3) is 17.1 Å². The zero-order chi connectivity index (χ0) is 23.8. The van der Waals surface area contributed by atoms with Crippen LogP contribution in [0, 0.1) is 5.82 Å². The highest BCUT2D eigenvalue weighted by molar-refractivity contribution is 7.99. The van der Waals surface area contributed by atoms with Crippen molar-refractivity contribution in [3.05, 3.63) is 42.2 Å². The van der Waals surface area contributed by atoms with E-state index in [0.717, 1.165) is 11.8 Å². The van der Waals surface area contributed by atoms with Gasteiger partial charge in [0, 0.05) is 19.2 Å². The van der Waals surface area contributed by atoms with Gasteiger partial charge < -0.3 is 24.3 Å². The number of ether oxygens (including phenoxy) is 4. The smallest absolute Gasteiger partial charge is 0.230 e. The van der Waals surface area contributed by atoms with Crippen LogP contribution < -0.4 is 19.5 Å². The molecule has 0 unspecified atom stereocenters. The van der Waals surface area contributed by atoms with Gasteiger partial charge in [-0.05, 0) is 24.3 Å². The molecular weight excluding hydrogens is 451 g/mol. The van der Waals surface area contributed by atoms with Crippen LogP contribution in [0.2, 0.25) is 0 Å². The highest BCUT2D eigenvalue weighted by Crippen LogP contribution is 2.41. The summed E-state index contributed by atoms with van der Waals surface area (Å²) in [5.41, 5.74) is 0.810. The van der Waals surface area contributed by atoms with Crippen LogP contribution >= 0.6 is 11.8 Å². The van der Waals surface area contributed by atoms with Crippen molar-refractivity contribution in [3.8, 4) is 34.3 Å². The van der Waals surface area contributed by atoms with Crippen molar-refractivity contribution in [2.24, 2.45) is 0 Å². The van der Waals surface area contributed by atoms with Gasteiger partial charge in [0.1, 0.15) is 5.82 Å². The summed E-state index contributed by atoms with van der Waals surface area (Å²) in [6.07, 6.45) is 0. The average molecular weight is 477 g/mol. The Morgan fingerprint density at radius 3 is 2.36 bits per heavy atom. The first-order chi connectivity index (χ1) is 16.0. The van der Waals surface area contributed by atoms with Gasteiger partial charge >= 0.3 is 0 Å². The second-order valence-corrected chi connectivity index (χ2v) is 7.58. The first-order valence-electron chi connectivity index (χ1n) is 9.93. The maximum absolute atomic E-state index is 14.8. The van der Waals surface area contributed by atoms with Crippen molar-refractivity contribution in [1.29, 1.82) is 0 Å². The lowest BCUT2D eigenvalue weighted by Gasteiger charge is -2.15. The lowest BCUT2D eigenvalue weighted by Crippen LogP contribution is -2.28. The quantitative estimate of drug-likeness (QED) is 0.333. The number of halogens is 1. The molecule has 0 saturated carbocycles. The summed E-state index contributed by atoms with van der Waals surface area (Å²) in [5.74, 6) is 1.02. The van der Waals surface area contributed by atoms with Crippen molar-refractivity contribution in [2.45, 2.75) is 5.16 Å². The number of carbonyl (C=O) groups is 1. The maximum atomic E-state index is 14.8. The van der Waals surface area contributed by atoms with E-state index in [9.17, 15) is 9.18 Å². The van der Waals surface area contributed by atoms with E-state index in [1.165, 1.54) is 27.4 Å². The van der Waals surface area contributed by atoms with Gasteiger partial charge in [-0.15, -0.1) is 10.2 Å². The first kappa shape index (κ1) is 24.3. The Bertz CT molecular complexity index is 1080. The minimum Gasteiger partial charge on any atom is -0.493 e. The second kappa shape index (κ2) is 11.5. The molecule has 0 aliphatic carbocycles. The van der Waals surface area contributed by atoms with E-state index in [0.29, 0.717) is 46.9 Å². The number of benzene rings is 2. The lowest BCUT2D eigenvalue weighted by atomic mass is 10.1. The minimum atomic E-state index is -0.461. The molecular formula is C22H25FN4O5S. The van der Waals surface area contributed by atoms with E-state index < -0.39 is 5.82 Å². The van der Waals surface area contributed by atoms with E-state index in [1.807, 2.05) is 0 Å². The van der Waals surface area contributed by atoms with E-state index >= 15 is 0 Å². The lowest BCUT2D eigenvalue weighted by molar-refractivity contribution is -0.118. The molecule has 176 valence electrons. The number of para-hydroxylation sites is 1. The Kier molecular flexibility index (Phi) is 8.50. The molecule has 0 spiro atoms. The van der Waals surface area contributed by atoms with E-state index in [4.69, 9.17) is 18.9 Å². The molecule has 1 amide bonds. The number of aromatic nitrogens is 3. The third kappa shape index (κ3) is 5.55. The molecule has 1 N–H and O–H groups in total. The van der Waals surface area contributed by atoms with Crippen LogP contribution in [-0.4, -0.2) is 68.0 Å². The predicted octanol–water partition coefficient (Wildman–Crippen LogP) is 2.95. The molecule has 2 aromatic carbocycles. The molecule has 0 aliphatic rings. The van der Waals surface area contributed by atoms with Crippen molar-refractivity contribution >= 4 is 17.7 Å². The minimum absolute atomic E-state index is 0.0750. The average Bonchev–Trinajstić information content (AvgIpc) is 3.25. The molecule has 0 radical (unpaired) electrons. The van der Waals surface area contributed by atoms with E-state index in [1.54, 1.807) is 42.0 Å². The van der Waals surface area contributed by atoms with Crippen molar-refractivity contribution in [1.82, 2.24) is 20.1 Å². The van der Waals surface area contributed by atoms with E-state index in [2.05, 4.69) is 15.5 Å². The van der Waals surface area contributed by atoms with Crippen LogP contribution in [0.5, 0.6) is 17.2 Å². The molecule has 0 saturated heterocycles. The molecule has 11 heteroatoms. The van der Waals surface area contributed by atoms with Gasteiger partial charge in [0.2, 0.25) is 11.7 Å². The Morgan fingerprint density at radius 1 is 1.06 bits per heavy atom. The Balaban J connectivity index is 2.05. The predicted molar refractivity (Wildman–Crippen MR) is 122 cm³/mol. The molecule has 1 aromatic heterocycles. The van der Waals surface area contributed by atoms with Crippen LogP contribution in [0.1, 0.15) is 0 Å². The van der Waals surface area contributed by atoms with Crippen molar-refractivity contribution < 1.29 is 28.1 Å². The largest absolute Gasteiger partial charge is 0.493 e. The van der Waals surface area contributed by atoms with Gasteiger partial charge in [0.05, 0.1) is 39.4 Å². The number of carbonyl (C=O) groups excluding carboxylic acids is 1. The summed E-state index contributed by atoms with van der Waals surface area (Å²) in [7, 11) is 6.08. The molecule has 0 atom stereocenters. The van der Waals surface area contributed by atoms with Gasteiger partial charge in [0.25, 0.3) is 0 Å². The van der Waals surface area contributed by atoms with Gasteiger partial charge in [-0.25, -0.2) is 4.39 Å². The SMILES string of the molecule is COCCNC(=O)CSc1nnc(-c2cc(OC)c(OC)c(OC)c2)n1-c1ccccc1F. The summed E-state index contributed by atoms with van der Waals surface area (Å²) in [6.45, 7) is 0.805. The fourth-order valence-corrected chi connectivity index (χ4v) is 3.86. The number of amides is 1. The fraction of sp³-hybridized carbons (Fsp3) is 0.318. The van der Waals surface area contributed by atoms with Gasteiger partial charge in [-0.2, -0.15) is 0 Å². The van der Waals surface area contributed by atoms with Gasteiger partial charge in [-0.3, -0.25) is 9.36 Å². The standard InChI is InChI=1S/C22H25FN4O5S/c1-29-10-9-24-19(28)13-33-22-26-25-21(27(22)16-8-6-5-7-15(16)23)14-11-17(30-2)20(32-4)18(12-14)31-3/h5-8,11-12H,9-10,13H2,1-4H3,(H,24,28). The number of nitrogens with one attached hydrogen (secondary N) is 1. The number of rotatable bonds is 11. The monoisotopic (exact) mass is 476 g/mol. The number of methoxy groups -OCH3 is 4. The first-order valence-corrected chi connectivity index (χ1v) is 10.9. The topological polar surface area (TPSA) is 96.7 Å². The second-order valence-electron chi connectivity index (χ2n) is 6.64. The summed E-state index contributed by atoms with van der Waals surface area (Å²) in [5, 5.41) is 11.6. The normalized spacial score (nSPS) is 10.7. The number of hydrogen-bond acceptors (Lipinski definition) is 8. The number of nitrogens with zero attached hydrogens (tertiary/aromatic N) is 3. The van der Waals surface area contributed by atoms with Crippen molar-refractivity contribution in [2.75, 3.05) is 47.3 Å². The molecule has 3 aromatic rings. The Labute approximate surface area is 195 Å². The molecule has 33 heavy (non-hydrogen) atoms. The molecule has 0 aliphatic heterocycles. The fourth-order valence-electron chi connectivity index (χ4n) is 3.08. The van der Waals surface area contributed by atoms with Crippen LogP contribution in [0.4, 0.5) is 4.39 Å². The molecule has 3 rings (SSSR count). The summed E-state index contributed by atoms with van der Waals surface area (Å²) in [4.78, 5) is 12.2. The van der Waals surface area contributed by atoms with Gasteiger partial charge in [0.15, 0.2) is 22.5 Å². The van der Waals surface area contributed by atoms with Crippen molar-refractivity contribution in [3.63, 3.8) is 0 Å². The Morgan fingerprint density at radius 2 is 1.76 bits per heavy atom. The van der Waals surface area contributed by atoms with Crippen LogP contribution in [0.3, 0.4) is 0 Å². The molecule has 0 fully saturated rings. The zero-order valence-corrected chi connectivity index (χ0v) is 19.6.